The standard InChI is InChI=1S/C18H15N3O6S/c19-10-13(18(22)20-14-6-7-28(25,26)11-14)9-16-4-5-17(27-16)12-2-1-3-15(8-12)21(23)24/h1-5,8-9,14H,6-7,11H2,(H,20,22)/b13-9+. The SMILES string of the molecule is N#C/C(=C\c1ccc(-c2cccc([N+](=O)[O-])c2)o1)C(=O)NC1CCS(=O)(=O)C1. The summed E-state index contributed by atoms with van der Waals surface area (Å²) in [4.78, 5) is 22.6. The molecule has 28 heavy (non-hydrogen) atoms. The minimum atomic E-state index is -3.15. The summed E-state index contributed by atoms with van der Waals surface area (Å²) in [6.45, 7) is 0. The molecule has 0 bridgehead atoms. The van der Waals surface area contributed by atoms with Crippen LogP contribution in [0.25, 0.3) is 17.4 Å². The molecule has 3 rings (SSSR count). The maximum Gasteiger partial charge on any atom is 0.270 e. The van der Waals surface area contributed by atoms with E-state index >= 15 is 0 Å². The van der Waals surface area contributed by atoms with E-state index in [-0.39, 0.29) is 28.5 Å². The summed E-state index contributed by atoms with van der Waals surface area (Å²) in [5.74, 6) is -0.261. The fourth-order valence-electron chi connectivity index (χ4n) is 2.82. The first-order valence-corrected chi connectivity index (χ1v) is 10.1. The topological polar surface area (TPSA) is 143 Å². The van der Waals surface area contributed by atoms with Gasteiger partial charge in [0.2, 0.25) is 0 Å². The van der Waals surface area contributed by atoms with Gasteiger partial charge in [0, 0.05) is 29.8 Å². The molecule has 1 saturated heterocycles. The average Bonchev–Trinajstić information content (AvgIpc) is 3.25. The number of hydrogen-bond acceptors (Lipinski definition) is 7. The number of benzene rings is 1. The third-order valence-electron chi connectivity index (χ3n) is 4.19. The summed E-state index contributed by atoms with van der Waals surface area (Å²) < 4.78 is 28.5. The van der Waals surface area contributed by atoms with Gasteiger partial charge in [0.05, 0.1) is 16.4 Å². The smallest absolute Gasteiger partial charge is 0.270 e. The highest BCUT2D eigenvalue weighted by atomic mass is 32.2. The summed E-state index contributed by atoms with van der Waals surface area (Å²) in [6.07, 6.45) is 1.55. The molecule has 1 aliphatic heterocycles. The van der Waals surface area contributed by atoms with Gasteiger partial charge in [-0.05, 0) is 18.6 Å². The number of furan rings is 1. The number of nitrogens with zero attached hydrogens (tertiary/aromatic N) is 2. The van der Waals surface area contributed by atoms with Gasteiger partial charge in [0.15, 0.2) is 9.84 Å². The number of non-ortho nitro benzene ring substituents is 1. The fourth-order valence-corrected chi connectivity index (χ4v) is 4.49. The Morgan fingerprint density at radius 3 is 2.79 bits per heavy atom. The normalized spacial score (nSPS) is 18.4. The number of nitrogens with one attached hydrogen (secondary N) is 1. The lowest BCUT2D eigenvalue weighted by Gasteiger charge is -2.09. The van der Waals surface area contributed by atoms with Crippen molar-refractivity contribution >= 4 is 27.5 Å². The van der Waals surface area contributed by atoms with E-state index in [1.165, 1.54) is 30.3 Å². The molecule has 2 aromatic rings. The van der Waals surface area contributed by atoms with E-state index in [1.54, 1.807) is 18.2 Å². The Morgan fingerprint density at radius 1 is 1.36 bits per heavy atom. The first-order chi connectivity index (χ1) is 13.3. The van der Waals surface area contributed by atoms with Gasteiger partial charge in [-0.3, -0.25) is 14.9 Å². The first kappa shape index (κ1) is 19.3. The van der Waals surface area contributed by atoms with Crippen LogP contribution < -0.4 is 5.32 Å². The number of carbonyl (C=O) groups is 1. The summed E-state index contributed by atoms with van der Waals surface area (Å²) in [6, 6.07) is 10.2. The lowest BCUT2D eigenvalue weighted by atomic mass is 10.1. The van der Waals surface area contributed by atoms with Gasteiger partial charge in [0.25, 0.3) is 11.6 Å². The van der Waals surface area contributed by atoms with Crippen LogP contribution in [0.15, 0.2) is 46.4 Å². The molecule has 1 atom stereocenters. The van der Waals surface area contributed by atoms with Crippen molar-refractivity contribution in [2.24, 2.45) is 0 Å². The van der Waals surface area contributed by atoms with Gasteiger partial charge >= 0.3 is 0 Å². The average molecular weight is 401 g/mol. The molecule has 0 aliphatic carbocycles. The highest BCUT2D eigenvalue weighted by Gasteiger charge is 2.29. The van der Waals surface area contributed by atoms with Crippen molar-refractivity contribution in [3.63, 3.8) is 0 Å². The molecule has 1 unspecified atom stereocenters. The van der Waals surface area contributed by atoms with Crippen LogP contribution in [-0.2, 0) is 14.6 Å². The van der Waals surface area contributed by atoms with E-state index in [2.05, 4.69) is 5.32 Å². The maximum atomic E-state index is 12.2. The number of carbonyl (C=O) groups excluding carboxylic acids is 1. The van der Waals surface area contributed by atoms with Crippen LogP contribution in [0, 0.1) is 21.4 Å². The first-order valence-electron chi connectivity index (χ1n) is 8.25. The number of nitriles is 1. The number of nitro groups is 1. The molecule has 144 valence electrons. The predicted molar refractivity (Wildman–Crippen MR) is 99.6 cm³/mol. The molecule has 1 fully saturated rings. The molecule has 0 radical (unpaired) electrons. The highest BCUT2D eigenvalue weighted by Crippen LogP contribution is 2.26. The van der Waals surface area contributed by atoms with Gasteiger partial charge in [-0.1, -0.05) is 12.1 Å². The van der Waals surface area contributed by atoms with Gasteiger partial charge in [-0.15, -0.1) is 0 Å². The Morgan fingerprint density at radius 2 is 2.14 bits per heavy atom. The van der Waals surface area contributed by atoms with Crippen molar-refractivity contribution in [1.29, 1.82) is 5.26 Å². The van der Waals surface area contributed by atoms with Crippen molar-refractivity contribution in [2.75, 3.05) is 11.5 Å². The molecule has 1 aliphatic rings. The van der Waals surface area contributed by atoms with Gasteiger partial charge in [-0.25, -0.2) is 8.42 Å². The molecule has 1 aromatic carbocycles. The molecule has 9 nitrogen and oxygen atoms in total. The van der Waals surface area contributed by atoms with E-state index in [0.717, 1.165) is 0 Å². The Bertz CT molecular complexity index is 1110. The minimum Gasteiger partial charge on any atom is -0.457 e. The number of hydrogen-bond donors (Lipinski definition) is 1. The maximum absolute atomic E-state index is 12.2. The minimum absolute atomic E-state index is 0.00824. The summed E-state index contributed by atoms with van der Waals surface area (Å²) in [7, 11) is -3.15. The van der Waals surface area contributed by atoms with Crippen molar-refractivity contribution in [3.05, 3.63) is 57.8 Å². The third-order valence-corrected chi connectivity index (χ3v) is 5.96. The molecule has 0 spiro atoms. The third kappa shape index (κ3) is 4.44. The molecule has 1 amide bonds. The zero-order chi connectivity index (χ0) is 20.3. The van der Waals surface area contributed by atoms with E-state index in [0.29, 0.717) is 17.7 Å². The largest absolute Gasteiger partial charge is 0.457 e. The monoisotopic (exact) mass is 401 g/mol. The quantitative estimate of drug-likeness (QED) is 0.349. The van der Waals surface area contributed by atoms with E-state index in [4.69, 9.17) is 4.42 Å². The number of rotatable bonds is 5. The van der Waals surface area contributed by atoms with Crippen molar-refractivity contribution in [1.82, 2.24) is 5.32 Å². The Balaban J connectivity index is 1.77. The summed E-state index contributed by atoms with van der Waals surface area (Å²) in [5.41, 5.74) is 0.159. The molecule has 10 heteroatoms. The Kier molecular flexibility index (Phi) is 5.28. The van der Waals surface area contributed by atoms with Crippen LogP contribution in [0.2, 0.25) is 0 Å². The number of sulfone groups is 1. The fraction of sp³-hybridized carbons (Fsp3) is 0.222. The van der Waals surface area contributed by atoms with Crippen LogP contribution in [0.3, 0.4) is 0 Å². The van der Waals surface area contributed by atoms with E-state index < -0.39 is 26.7 Å². The van der Waals surface area contributed by atoms with Crippen LogP contribution in [0.1, 0.15) is 12.2 Å². The molecule has 1 N–H and O–H groups in total. The summed E-state index contributed by atoms with van der Waals surface area (Å²) in [5, 5.41) is 22.7. The van der Waals surface area contributed by atoms with Crippen molar-refractivity contribution in [2.45, 2.75) is 12.5 Å². The molecule has 2 heterocycles. The lowest BCUT2D eigenvalue weighted by molar-refractivity contribution is -0.384. The van der Waals surface area contributed by atoms with Crippen LogP contribution in [0.5, 0.6) is 0 Å². The summed E-state index contributed by atoms with van der Waals surface area (Å²) >= 11 is 0. The van der Waals surface area contributed by atoms with Crippen molar-refractivity contribution < 1.29 is 22.6 Å². The van der Waals surface area contributed by atoms with Gasteiger partial charge in [0.1, 0.15) is 23.2 Å². The predicted octanol–water partition coefficient (Wildman–Crippen LogP) is 2.07. The van der Waals surface area contributed by atoms with E-state index in [1.807, 2.05) is 0 Å². The van der Waals surface area contributed by atoms with Crippen LogP contribution >= 0.6 is 0 Å². The Labute approximate surface area is 160 Å². The van der Waals surface area contributed by atoms with Crippen LogP contribution in [-0.4, -0.2) is 36.8 Å². The van der Waals surface area contributed by atoms with Gasteiger partial charge in [-0.2, -0.15) is 5.26 Å². The second-order valence-corrected chi connectivity index (χ2v) is 8.48. The van der Waals surface area contributed by atoms with Crippen molar-refractivity contribution in [3.8, 4) is 17.4 Å². The zero-order valence-electron chi connectivity index (χ0n) is 14.5. The van der Waals surface area contributed by atoms with Crippen LogP contribution in [0.4, 0.5) is 5.69 Å². The molecule has 1 aromatic heterocycles. The second-order valence-electron chi connectivity index (χ2n) is 6.25. The number of amides is 1. The second kappa shape index (κ2) is 7.66. The Hall–Kier alpha value is -3.45. The van der Waals surface area contributed by atoms with Gasteiger partial charge < -0.3 is 9.73 Å². The lowest BCUT2D eigenvalue weighted by Crippen LogP contribution is -2.36. The van der Waals surface area contributed by atoms with E-state index in [9.17, 15) is 28.6 Å². The number of nitro benzene ring substituents is 1. The molecular weight excluding hydrogens is 386 g/mol. The highest BCUT2D eigenvalue weighted by molar-refractivity contribution is 7.91. The molecular formula is C18H15N3O6S. The zero-order valence-corrected chi connectivity index (χ0v) is 15.3. The molecule has 0 saturated carbocycles.